The van der Waals surface area contributed by atoms with E-state index in [1.54, 1.807) is 25.4 Å². The quantitative estimate of drug-likeness (QED) is 0.480. The summed E-state index contributed by atoms with van der Waals surface area (Å²) in [4.78, 5) is 24.7. The van der Waals surface area contributed by atoms with E-state index in [2.05, 4.69) is 20.3 Å². The van der Waals surface area contributed by atoms with Crippen molar-refractivity contribution < 1.29 is 9.18 Å². The fourth-order valence-corrected chi connectivity index (χ4v) is 3.78. The predicted molar refractivity (Wildman–Crippen MR) is 109 cm³/mol. The molecule has 4 N–H and O–H groups in total. The van der Waals surface area contributed by atoms with Crippen LogP contribution in [0.4, 0.5) is 10.2 Å². The molecule has 0 saturated carbocycles. The van der Waals surface area contributed by atoms with Crippen LogP contribution in [0.1, 0.15) is 17.5 Å². The van der Waals surface area contributed by atoms with Crippen molar-refractivity contribution in [2.24, 2.45) is 5.73 Å². The van der Waals surface area contributed by atoms with Crippen molar-refractivity contribution in [3.05, 3.63) is 64.5 Å². The van der Waals surface area contributed by atoms with Gasteiger partial charge in [-0.2, -0.15) is 0 Å². The van der Waals surface area contributed by atoms with Crippen molar-refractivity contribution in [3.8, 4) is 11.1 Å². The van der Waals surface area contributed by atoms with Crippen LogP contribution < -0.4 is 11.1 Å². The van der Waals surface area contributed by atoms with Gasteiger partial charge in [-0.15, -0.1) is 11.3 Å². The molecule has 1 atom stereocenters. The average molecular weight is 395 g/mol. The Balaban J connectivity index is 1.80. The van der Waals surface area contributed by atoms with Gasteiger partial charge in [-0.3, -0.25) is 9.78 Å². The van der Waals surface area contributed by atoms with Crippen LogP contribution in [0.3, 0.4) is 0 Å². The summed E-state index contributed by atoms with van der Waals surface area (Å²) < 4.78 is 13.4. The number of H-pyrrole nitrogens is 1. The molecule has 1 amide bonds. The molecule has 0 bridgehead atoms. The number of amides is 1. The molecular formula is C20H18FN5OS. The lowest BCUT2D eigenvalue weighted by atomic mass is 10.0. The molecule has 0 unspecified atom stereocenters. The number of carbonyl (C=O) groups excluding carboxylic acids is 1. The summed E-state index contributed by atoms with van der Waals surface area (Å²) in [5.74, 6) is -0.117. The zero-order chi connectivity index (χ0) is 19.7. The molecule has 4 aromatic heterocycles. The van der Waals surface area contributed by atoms with Gasteiger partial charge in [0.25, 0.3) is 0 Å². The summed E-state index contributed by atoms with van der Waals surface area (Å²) in [6.45, 7) is 1.61. The third-order valence-electron chi connectivity index (χ3n) is 4.34. The highest BCUT2D eigenvalue weighted by Crippen LogP contribution is 2.34. The van der Waals surface area contributed by atoms with Gasteiger partial charge in [0.05, 0.1) is 6.04 Å². The van der Waals surface area contributed by atoms with Crippen LogP contribution in [0.25, 0.3) is 22.2 Å². The number of hydrogen-bond acceptors (Lipinski definition) is 5. The largest absolute Gasteiger partial charge is 0.342 e. The highest BCUT2D eigenvalue weighted by Gasteiger charge is 2.17. The minimum Gasteiger partial charge on any atom is -0.342 e. The fourth-order valence-electron chi connectivity index (χ4n) is 3.04. The Morgan fingerprint density at radius 1 is 1.32 bits per heavy atom. The smallest absolute Gasteiger partial charge is 0.242 e. The standard InChI is InChI=1S/C20H18FN5OS/c1-11(22)20(27)26-17-3-2-15-18(12-4-6-23-7-5-12)16(24-19(15)25-17)9-14-8-13(21)10-28-14/h2-8,10-11H,9,22H2,1H3,(H2,24,25,26,27)/t11-/m0/s1. The molecule has 0 spiro atoms. The number of nitrogens with two attached hydrogens (primary N) is 1. The molecule has 6 nitrogen and oxygen atoms in total. The Hall–Kier alpha value is -3.10. The van der Waals surface area contributed by atoms with E-state index in [9.17, 15) is 9.18 Å². The number of carbonyl (C=O) groups is 1. The summed E-state index contributed by atoms with van der Waals surface area (Å²) in [6, 6.07) is 8.41. The second kappa shape index (κ2) is 7.49. The maximum absolute atomic E-state index is 13.4. The molecular weight excluding hydrogens is 377 g/mol. The van der Waals surface area contributed by atoms with Gasteiger partial charge in [0, 0.05) is 45.7 Å². The summed E-state index contributed by atoms with van der Waals surface area (Å²) in [7, 11) is 0. The Kier molecular flexibility index (Phi) is 4.89. The molecule has 0 aliphatic heterocycles. The SMILES string of the molecule is C[C@H](N)C(=O)Nc1ccc2c(-c3ccncc3)c(Cc3cc(F)cs3)[nH]c2n1. The number of anilines is 1. The molecule has 4 rings (SSSR count). The molecule has 4 aromatic rings. The van der Waals surface area contributed by atoms with E-state index in [0.717, 1.165) is 27.1 Å². The summed E-state index contributed by atoms with van der Waals surface area (Å²) >= 11 is 1.37. The van der Waals surface area contributed by atoms with Gasteiger partial charge < -0.3 is 16.0 Å². The number of nitrogens with one attached hydrogen (secondary N) is 2. The monoisotopic (exact) mass is 395 g/mol. The second-order valence-electron chi connectivity index (χ2n) is 6.49. The van der Waals surface area contributed by atoms with Gasteiger partial charge in [-0.25, -0.2) is 9.37 Å². The highest BCUT2D eigenvalue weighted by molar-refractivity contribution is 7.09. The van der Waals surface area contributed by atoms with Crippen molar-refractivity contribution in [2.45, 2.75) is 19.4 Å². The van der Waals surface area contributed by atoms with Crippen molar-refractivity contribution in [1.82, 2.24) is 15.0 Å². The average Bonchev–Trinajstić information content (AvgIpc) is 3.24. The minimum atomic E-state index is -0.627. The Bertz CT molecular complexity index is 1140. The van der Waals surface area contributed by atoms with Crippen LogP contribution in [0, 0.1) is 5.82 Å². The molecule has 4 heterocycles. The molecule has 0 aliphatic rings. The normalized spacial score (nSPS) is 12.2. The first-order valence-electron chi connectivity index (χ1n) is 8.72. The third kappa shape index (κ3) is 3.64. The van der Waals surface area contributed by atoms with Crippen LogP contribution in [-0.2, 0) is 11.2 Å². The first-order valence-corrected chi connectivity index (χ1v) is 9.60. The van der Waals surface area contributed by atoms with Crippen molar-refractivity contribution >= 4 is 34.1 Å². The molecule has 0 aliphatic carbocycles. The molecule has 28 heavy (non-hydrogen) atoms. The molecule has 0 saturated heterocycles. The number of aromatic amines is 1. The van der Waals surface area contributed by atoms with Gasteiger partial charge in [0.15, 0.2) is 0 Å². The molecule has 0 radical (unpaired) electrons. The molecule has 142 valence electrons. The molecule has 8 heteroatoms. The lowest BCUT2D eigenvalue weighted by molar-refractivity contribution is -0.117. The zero-order valence-electron chi connectivity index (χ0n) is 15.1. The van der Waals surface area contributed by atoms with Gasteiger partial charge in [0.2, 0.25) is 5.91 Å². The molecule has 0 aromatic carbocycles. The van der Waals surface area contributed by atoms with Crippen LogP contribution in [0.15, 0.2) is 48.1 Å². The number of hydrogen-bond donors (Lipinski definition) is 3. The Labute approximate surface area is 164 Å². The van der Waals surface area contributed by atoms with Gasteiger partial charge in [-0.05, 0) is 42.8 Å². The summed E-state index contributed by atoms with van der Waals surface area (Å²) in [6.07, 6.45) is 4.00. The van der Waals surface area contributed by atoms with Crippen LogP contribution in [-0.4, -0.2) is 26.9 Å². The zero-order valence-corrected chi connectivity index (χ0v) is 15.9. The summed E-state index contributed by atoms with van der Waals surface area (Å²) in [5, 5.41) is 5.11. The number of thiophene rings is 1. The van der Waals surface area contributed by atoms with Gasteiger partial charge in [0.1, 0.15) is 17.3 Å². The maximum atomic E-state index is 13.4. The van der Waals surface area contributed by atoms with E-state index >= 15 is 0 Å². The topological polar surface area (TPSA) is 96.7 Å². The van der Waals surface area contributed by atoms with Gasteiger partial charge >= 0.3 is 0 Å². The summed E-state index contributed by atoms with van der Waals surface area (Å²) in [5.41, 5.74) is 9.15. The van der Waals surface area contributed by atoms with E-state index in [4.69, 9.17) is 5.73 Å². The number of rotatable bonds is 5. The Morgan fingerprint density at radius 2 is 2.11 bits per heavy atom. The van der Waals surface area contributed by atoms with Crippen molar-refractivity contribution in [1.29, 1.82) is 0 Å². The number of pyridine rings is 2. The van der Waals surface area contributed by atoms with Gasteiger partial charge in [-0.1, -0.05) is 0 Å². The van der Waals surface area contributed by atoms with Crippen molar-refractivity contribution in [2.75, 3.05) is 5.32 Å². The lowest BCUT2D eigenvalue weighted by Crippen LogP contribution is -2.32. The Morgan fingerprint density at radius 3 is 2.79 bits per heavy atom. The van der Waals surface area contributed by atoms with E-state index in [1.165, 1.54) is 22.8 Å². The minimum absolute atomic E-state index is 0.236. The first-order chi connectivity index (χ1) is 13.5. The third-order valence-corrected chi connectivity index (χ3v) is 5.25. The van der Waals surface area contributed by atoms with Crippen LogP contribution in [0.5, 0.6) is 0 Å². The first kappa shape index (κ1) is 18.3. The second-order valence-corrected chi connectivity index (χ2v) is 7.49. The van der Waals surface area contributed by atoms with E-state index in [-0.39, 0.29) is 11.7 Å². The lowest BCUT2D eigenvalue weighted by Gasteiger charge is -2.07. The number of halogens is 1. The molecule has 0 fully saturated rings. The van der Waals surface area contributed by atoms with E-state index in [1.807, 2.05) is 18.2 Å². The number of aromatic nitrogens is 3. The van der Waals surface area contributed by atoms with Crippen LogP contribution >= 0.6 is 11.3 Å². The van der Waals surface area contributed by atoms with Crippen molar-refractivity contribution in [3.63, 3.8) is 0 Å². The predicted octanol–water partition coefficient (Wildman–Crippen LogP) is 3.70. The number of nitrogens with zero attached hydrogens (tertiary/aromatic N) is 2. The van der Waals surface area contributed by atoms with E-state index in [0.29, 0.717) is 17.9 Å². The number of fused-ring (bicyclic) bond motifs is 1. The highest BCUT2D eigenvalue weighted by atomic mass is 32.1. The fraction of sp³-hybridized carbons (Fsp3) is 0.150. The maximum Gasteiger partial charge on any atom is 0.242 e. The van der Waals surface area contributed by atoms with Crippen LogP contribution in [0.2, 0.25) is 0 Å². The van der Waals surface area contributed by atoms with E-state index < -0.39 is 6.04 Å².